The third-order valence-corrected chi connectivity index (χ3v) is 4.67. The molecule has 2 saturated heterocycles. The monoisotopic (exact) mass is 274 g/mol. The third-order valence-electron chi connectivity index (χ3n) is 4.67. The Morgan fingerprint density at radius 1 is 1.35 bits per heavy atom. The van der Waals surface area contributed by atoms with E-state index in [1.54, 1.807) is 7.11 Å². The van der Waals surface area contributed by atoms with E-state index in [0.29, 0.717) is 11.8 Å². The maximum absolute atomic E-state index is 12.6. The van der Waals surface area contributed by atoms with E-state index in [0.717, 1.165) is 37.5 Å². The number of likely N-dealkylation sites (tertiary alicyclic amines) is 1. The van der Waals surface area contributed by atoms with Crippen LogP contribution in [0.4, 0.5) is 0 Å². The van der Waals surface area contributed by atoms with Gasteiger partial charge < -0.3 is 15.0 Å². The van der Waals surface area contributed by atoms with Crippen molar-refractivity contribution in [3.63, 3.8) is 0 Å². The number of amides is 1. The number of benzene rings is 1. The lowest BCUT2D eigenvalue weighted by atomic mass is 9.99. The van der Waals surface area contributed by atoms with Crippen molar-refractivity contribution in [1.29, 1.82) is 0 Å². The molecular formula is C16H22N2O2. The van der Waals surface area contributed by atoms with Crippen LogP contribution in [0, 0.1) is 11.8 Å². The summed E-state index contributed by atoms with van der Waals surface area (Å²) in [6.45, 7) is 5.92. The summed E-state index contributed by atoms with van der Waals surface area (Å²) in [4.78, 5) is 14.7. The van der Waals surface area contributed by atoms with E-state index in [-0.39, 0.29) is 11.8 Å². The van der Waals surface area contributed by atoms with Gasteiger partial charge >= 0.3 is 0 Å². The summed E-state index contributed by atoms with van der Waals surface area (Å²) in [7, 11) is 1.65. The Morgan fingerprint density at radius 2 is 2.05 bits per heavy atom. The highest BCUT2D eigenvalue weighted by Crippen LogP contribution is 2.30. The number of rotatable bonds is 3. The molecule has 0 aliphatic carbocycles. The summed E-state index contributed by atoms with van der Waals surface area (Å²) >= 11 is 0. The summed E-state index contributed by atoms with van der Waals surface area (Å²) in [6, 6.07) is 7.82. The molecular weight excluding hydrogens is 252 g/mol. The summed E-state index contributed by atoms with van der Waals surface area (Å²) in [5.41, 5.74) is 1.03. The van der Waals surface area contributed by atoms with E-state index >= 15 is 0 Å². The predicted molar refractivity (Wildman–Crippen MR) is 77.8 cm³/mol. The molecule has 108 valence electrons. The molecule has 0 spiro atoms. The Bertz CT molecular complexity index is 491. The quantitative estimate of drug-likeness (QED) is 0.907. The van der Waals surface area contributed by atoms with Crippen molar-refractivity contribution in [2.24, 2.45) is 11.8 Å². The highest BCUT2D eigenvalue weighted by atomic mass is 16.5. The molecule has 0 aromatic heterocycles. The number of nitrogens with one attached hydrogen (secondary N) is 1. The molecule has 3 rings (SSSR count). The topological polar surface area (TPSA) is 41.6 Å². The van der Waals surface area contributed by atoms with Gasteiger partial charge in [-0.1, -0.05) is 12.1 Å². The molecule has 0 radical (unpaired) electrons. The molecule has 1 amide bonds. The summed E-state index contributed by atoms with van der Waals surface area (Å²) in [5.74, 6) is 2.25. The minimum absolute atomic E-state index is 0.100. The lowest BCUT2D eigenvalue weighted by Gasteiger charge is -2.22. The number of methoxy groups -OCH3 is 1. The van der Waals surface area contributed by atoms with Gasteiger partial charge in [-0.05, 0) is 36.5 Å². The van der Waals surface area contributed by atoms with Crippen molar-refractivity contribution in [3.05, 3.63) is 29.8 Å². The minimum atomic E-state index is -0.100. The second kappa shape index (κ2) is 5.44. The van der Waals surface area contributed by atoms with Crippen LogP contribution in [0.2, 0.25) is 0 Å². The van der Waals surface area contributed by atoms with Crippen molar-refractivity contribution in [3.8, 4) is 5.75 Å². The first-order chi connectivity index (χ1) is 9.69. The van der Waals surface area contributed by atoms with Crippen molar-refractivity contribution in [2.45, 2.75) is 12.8 Å². The fourth-order valence-electron chi connectivity index (χ4n) is 3.36. The van der Waals surface area contributed by atoms with Crippen molar-refractivity contribution in [2.75, 3.05) is 33.3 Å². The molecule has 1 aromatic rings. The first-order valence-electron chi connectivity index (χ1n) is 7.32. The molecule has 20 heavy (non-hydrogen) atoms. The van der Waals surface area contributed by atoms with Crippen LogP contribution in [0.3, 0.4) is 0 Å². The van der Waals surface area contributed by atoms with Gasteiger partial charge in [0.1, 0.15) is 5.75 Å². The van der Waals surface area contributed by atoms with Crippen LogP contribution in [-0.4, -0.2) is 44.1 Å². The van der Waals surface area contributed by atoms with Crippen LogP contribution in [0.1, 0.15) is 18.4 Å². The number of carbonyl (C=O) groups is 1. The highest BCUT2D eigenvalue weighted by molar-refractivity contribution is 5.83. The number of hydrogen-bond donors (Lipinski definition) is 1. The predicted octanol–water partition coefficient (Wildman–Crippen LogP) is 1.48. The zero-order valence-electron chi connectivity index (χ0n) is 12.1. The minimum Gasteiger partial charge on any atom is -0.497 e. The second-order valence-corrected chi connectivity index (χ2v) is 5.92. The standard InChI is InChI=1S/C16H22N2O2/c1-11(12-4-3-5-15(6-12)20-2)16(19)18-9-13-7-17-8-14(13)10-18/h3-6,11,13-14,17H,7-10H2,1-2H3/t11?,13-,14+. The summed E-state index contributed by atoms with van der Waals surface area (Å²) < 4.78 is 5.24. The molecule has 2 fully saturated rings. The van der Waals surface area contributed by atoms with Crippen LogP contribution in [0.15, 0.2) is 24.3 Å². The number of nitrogens with zero attached hydrogens (tertiary/aromatic N) is 1. The normalized spacial score (nSPS) is 26.4. The van der Waals surface area contributed by atoms with E-state index in [2.05, 4.69) is 5.32 Å². The van der Waals surface area contributed by atoms with Gasteiger partial charge in [-0.25, -0.2) is 0 Å². The molecule has 2 aliphatic rings. The van der Waals surface area contributed by atoms with Crippen LogP contribution >= 0.6 is 0 Å². The van der Waals surface area contributed by atoms with Crippen LogP contribution in [0.25, 0.3) is 0 Å². The molecule has 0 saturated carbocycles. The average Bonchev–Trinajstić information content (AvgIpc) is 3.07. The zero-order valence-corrected chi connectivity index (χ0v) is 12.1. The van der Waals surface area contributed by atoms with Crippen molar-refractivity contribution in [1.82, 2.24) is 10.2 Å². The molecule has 4 nitrogen and oxygen atoms in total. The lowest BCUT2D eigenvalue weighted by Crippen LogP contribution is -2.34. The van der Waals surface area contributed by atoms with E-state index < -0.39 is 0 Å². The maximum Gasteiger partial charge on any atom is 0.229 e. The number of fused-ring (bicyclic) bond motifs is 1. The molecule has 1 N–H and O–H groups in total. The average molecular weight is 274 g/mol. The Balaban J connectivity index is 1.70. The maximum atomic E-state index is 12.6. The van der Waals surface area contributed by atoms with E-state index in [9.17, 15) is 4.79 Å². The fraction of sp³-hybridized carbons (Fsp3) is 0.562. The Hall–Kier alpha value is -1.55. The van der Waals surface area contributed by atoms with Gasteiger partial charge in [0.2, 0.25) is 5.91 Å². The largest absolute Gasteiger partial charge is 0.497 e. The van der Waals surface area contributed by atoms with Gasteiger partial charge in [0, 0.05) is 26.2 Å². The van der Waals surface area contributed by atoms with Crippen LogP contribution in [0.5, 0.6) is 5.75 Å². The molecule has 1 unspecified atom stereocenters. The van der Waals surface area contributed by atoms with E-state index in [1.165, 1.54) is 0 Å². The van der Waals surface area contributed by atoms with Gasteiger partial charge in [0.25, 0.3) is 0 Å². The molecule has 2 heterocycles. The SMILES string of the molecule is COc1cccc(C(C)C(=O)N2C[C@H]3CNC[C@H]3C2)c1. The molecule has 4 heteroatoms. The number of carbonyl (C=O) groups excluding carboxylic acids is 1. The smallest absolute Gasteiger partial charge is 0.229 e. The van der Waals surface area contributed by atoms with Crippen molar-refractivity contribution < 1.29 is 9.53 Å². The van der Waals surface area contributed by atoms with Gasteiger partial charge in [-0.15, -0.1) is 0 Å². The molecule has 3 atom stereocenters. The van der Waals surface area contributed by atoms with Crippen molar-refractivity contribution >= 4 is 5.91 Å². The second-order valence-electron chi connectivity index (χ2n) is 5.92. The number of hydrogen-bond acceptors (Lipinski definition) is 3. The third kappa shape index (κ3) is 2.40. The molecule has 0 bridgehead atoms. The molecule has 2 aliphatic heterocycles. The highest BCUT2D eigenvalue weighted by Gasteiger charge is 2.39. The first-order valence-corrected chi connectivity index (χ1v) is 7.32. The van der Waals surface area contributed by atoms with E-state index in [1.807, 2.05) is 36.1 Å². The lowest BCUT2D eigenvalue weighted by molar-refractivity contribution is -0.131. The summed E-state index contributed by atoms with van der Waals surface area (Å²) in [5, 5.41) is 3.41. The Kier molecular flexibility index (Phi) is 3.66. The first kappa shape index (κ1) is 13.4. The van der Waals surface area contributed by atoms with Crippen LogP contribution in [-0.2, 0) is 4.79 Å². The van der Waals surface area contributed by atoms with Crippen LogP contribution < -0.4 is 10.1 Å². The summed E-state index contributed by atoms with van der Waals surface area (Å²) in [6.07, 6.45) is 0. The van der Waals surface area contributed by atoms with E-state index in [4.69, 9.17) is 4.74 Å². The molecule has 1 aromatic carbocycles. The fourth-order valence-corrected chi connectivity index (χ4v) is 3.36. The number of ether oxygens (including phenoxy) is 1. The zero-order chi connectivity index (χ0) is 14.1. The van der Waals surface area contributed by atoms with Gasteiger partial charge in [-0.3, -0.25) is 4.79 Å². The Morgan fingerprint density at radius 3 is 2.70 bits per heavy atom. The van der Waals surface area contributed by atoms with Gasteiger partial charge in [0.05, 0.1) is 13.0 Å². The van der Waals surface area contributed by atoms with Gasteiger partial charge in [0.15, 0.2) is 0 Å². The Labute approximate surface area is 120 Å². The van der Waals surface area contributed by atoms with Gasteiger partial charge in [-0.2, -0.15) is 0 Å².